The van der Waals surface area contributed by atoms with Crippen LogP contribution >= 0.6 is 0 Å². The van der Waals surface area contributed by atoms with E-state index in [1.165, 1.54) is 6.08 Å². The van der Waals surface area contributed by atoms with Crippen LogP contribution < -0.4 is 5.48 Å². The molecule has 1 amide bonds. The summed E-state index contributed by atoms with van der Waals surface area (Å²) in [5, 5.41) is 9.61. The number of rotatable bonds is 6. The Balaban J connectivity index is 4.33. The van der Waals surface area contributed by atoms with Gasteiger partial charge >= 0.3 is 0 Å². The molecule has 0 aromatic heterocycles. The van der Waals surface area contributed by atoms with Gasteiger partial charge in [0.25, 0.3) is 0 Å². The van der Waals surface area contributed by atoms with Crippen molar-refractivity contribution in [2.75, 3.05) is 0 Å². The Hall–Kier alpha value is -0.870. The van der Waals surface area contributed by atoms with Gasteiger partial charge in [0.15, 0.2) is 0 Å². The number of aliphatic hydroxyl groups is 1. The first-order valence-corrected chi connectivity index (χ1v) is 5.60. The Kier molecular flexibility index (Phi) is 6.29. The van der Waals surface area contributed by atoms with Crippen molar-refractivity contribution in [2.24, 2.45) is 5.92 Å². The summed E-state index contributed by atoms with van der Waals surface area (Å²) in [5.74, 6) is -0.797. The normalized spacial score (nSPS) is 15.3. The summed E-state index contributed by atoms with van der Waals surface area (Å²) in [7, 11) is 0. The zero-order valence-corrected chi connectivity index (χ0v) is 10.6. The highest BCUT2D eigenvalue weighted by Crippen LogP contribution is 2.14. The molecule has 0 saturated carbocycles. The van der Waals surface area contributed by atoms with E-state index >= 15 is 0 Å². The molecule has 0 spiro atoms. The van der Waals surface area contributed by atoms with E-state index in [1.54, 1.807) is 0 Å². The highest BCUT2D eigenvalue weighted by atomic mass is 16.7. The summed E-state index contributed by atoms with van der Waals surface area (Å²) in [5.41, 5.74) is 1.94. The summed E-state index contributed by atoms with van der Waals surface area (Å²) in [6.07, 6.45) is 1.96. The van der Waals surface area contributed by atoms with Crippen LogP contribution in [0.3, 0.4) is 0 Å². The SMILES string of the molecule is C=C[C@H](O)[C@@H](CCC)C(=O)NOC(C)(C)C. The molecule has 0 aromatic carbocycles. The van der Waals surface area contributed by atoms with E-state index in [1.807, 2.05) is 27.7 Å². The van der Waals surface area contributed by atoms with E-state index in [4.69, 9.17) is 4.84 Å². The molecule has 0 heterocycles. The Morgan fingerprint density at radius 2 is 2.12 bits per heavy atom. The molecule has 2 atom stereocenters. The van der Waals surface area contributed by atoms with Gasteiger partial charge in [-0.05, 0) is 27.2 Å². The second kappa shape index (κ2) is 6.66. The molecule has 16 heavy (non-hydrogen) atoms. The fraction of sp³-hybridized carbons (Fsp3) is 0.750. The summed E-state index contributed by atoms with van der Waals surface area (Å²) >= 11 is 0. The van der Waals surface area contributed by atoms with E-state index < -0.39 is 17.6 Å². The van der Waals surface area contributed by atoms with Crippen molar-refractivity contribution in [3.8, 4) is 0 Å². The fourth-order valence-corrected chi connectivity index (χ4v) is 1.21. The summed E-state index contributed by atoms with van der Waals surface area (Å²) in [6.45, 7) is 11.0. The minimum absolute atomic E-state index is 0.302. The van der Waals surface area contributed by atoms with Crippen molar-refractivity contribution in [2.45, 2.75) is 52.2 Å². The van der Waals surface area contributed by atoms with E-state index in [9.17, 15) is 9.90 Å². The maximum atomic E-state index is 11.7. The molecule has 0 unspecified atom stereocenters. The van der Waals surface area contributed by atoms with Gasteiger partial charge in [-0.1, -0.05) is 19.4 Å². The molecule has 0 fully saturated rings. The molecule has 0 radical (unpaired) electrons. The standard InChI is InChI=1S/C12H23NO3/c1-6-8-9(10(14)7-2)11(15)13-16-12(3,4)5/h7,9-10,14H,2,6,8H2,1,3-5H3,(H,13,15)/t9-,10+/m1/s1. The second-order valence-electron chi connectivity index (χ2n) is 4.80. The van der Waals surface area contributed by atoms with Gasteiger partial charge in [0.05, 0.1) is 17.6 Å². The molecule has 0 saturated heterocycles. The van der Waals surface area contributed by atoms with Crippen molar-refractivity contribution in [1.82, 2.24) is 5.48 Å². The maximum absolute atomic E-state index is 11.7. The van der Waals surface area contributed by atoms with Crippen LogP contribution in [0.15, 0.2) is 12.7 Å². The number of nitrogens with one attached hydrogen (secondary N) is 1. The summed E-state index contributed by atoms with van der Waals surface area (Å²) < 4.78 is 0. The smallest absolute Gasteiger partial charge is 0.249 e. The Bertz CT molecular complexity index is 233. The van der Waals surface area contributed by atoms with Crippen molar-refractivity contribution < 1.29 is 14.7 Å². The fourth-order valence-electron chi connectivity index (χ4n) is 1.21. The van der Waals surface area contributed by atoms with Gasteiger partial charge in [-0.25, -0.2) is 5.48 Å². The van der Waals surface area contributed by atoms with Crippen LogP contribution in [0.1, 0.15) is 40.5 Å². The quantitative estimate of drug-likeness (QED) is 0.539. The number of carbonyl (C=O) groups excluding carboxylic acids is 1. The van der Waals surface area contributed by atoms with Gasteiger partial charge in [-0.3, -0.25) is 9.63 Å². The third kappa shape index (κ3) is 5.88. The maximum Gasteiger partial charge on any atom is 0.249 e. The van der Waals surface area contributed by atoms with Crippen LogP contribution in [0, 0.1) is 5.92 Å². The van der Waals surface area contributed by atoms with Crippen LogP contribution in [0.4, 0.5) is 0 Å². The van der Waals surface area contributed by atoms with Crippen LogP contribution in [-0.2, 0) is 9.63 Å². The van der Waals surface area contributed by atoms with Crippen molar-refractivity contribution in [3.05, 3.63) is 12.7 Å². The first kappa shape index (κ1) is 15.1. The molecule has 0 rings (SSSR count). The number of aliphatic hydroxyl groups excluding tert-OH is 1. The van der Waals surface area contributed by atoms with Gasteiger partial charge in [-0.15, -0.1) is 6.58 Å². The second-order valence-corrected chi connectivity index (χ2v) is 4.80. The minimum atomic E-state index is -0.830. The lowest BCUT2D eigenvalue weighted by molar-refractivity contribution is -0.152. The molecular formula is C12H23NO3. The highest BCUT2D eigenvalue weighted by Gasteiger charge is 2.25. The molecule has 0 bridgehead atoms. The Morgan fingerprint density at radius 3 is 2.50 bits per heavy atom. The molecule has 0 aliphatic rings. The van der Waals surface area contributed by atoms with E-state index in [0.29, 0.717) is 6.42 Å². The number of amides is 1. The molecule has 0 aromatic rings. The average Bonchev–Trinajstić information content (AvgIpc) is 2.20. The van der Waals surface area contributed by atoms with Crippen molar-refractivity contribution >= 4 is 5.91 Å². The van der Waals surface area contributed by atoms with Gasteiger partial charge in [0.2, 0.25) is 5.91 Å². The first-order valence-electron chi connectivity index (χ1n) is 5.60. The van der Waals surface area contributed by atoms with E-state index in [-0.39, 0.29) is 5.91 Å². The predicted molar refractivity (Wildman–Crippen MR) is 63.6 cm³/mol. The van der Waals surface area contributed by atoms with Crippen LogP contribution in [0.5, 0.6) is 0 Å². The number of hydrogen-bond donors (Lipinski definition) is 2. The van der Waals surface area contributed by atoms with Crippen LogP contribution in [-0.4, -0.2) is 22.7 Å². The predicted octanol–water partition coefficient (Wildman–Crippen LogP) is 1.80. The third-order valence-electron chi connectivity index (χ3n) is 2.05. The molecule has 0 aliphatic heterocycles. The topological polar surface area (TPSA) is 58.6 Å². The third-order valence-corrected chi connectivity index (χ3v) is 2.05. The van der Waals surface area contributed by atoms with E-state index in [2.05, 4.69) is 12.1 Å². The molecule has 94 valence electrons. The molecule has 0 aliphatic carbocycles. The van der Waals surface area contributed by atoms with Gasteiger partial charge < -0.3 is 5.11 Å². The van der Waals surface area contributed by atoms with Gasteiger partial charge in [-0.2, -0.15) is 0 Å². The highest BCUT2D eigenvalue weighted by molar-refractivity contribution is 5.78. The largest absolute Gasteiger partial charge is 0.388 e. The Morgan fingerprint density at radius 1 is 1.56 bits per heavy atom. The average molecular weight is 229 g/mol. The Labute approximate surface area is 97.6 Å². The summed E-state index contributed by atoms with van der Waals surface area (Å²) in [4.78, 5) is 16.9. The number of hydrogen-bond acceptors (Lipinski definition) is 3. The molecule has 4 heteroatoms. The molecular weight excluding hydrogens is 206 g/mol. The van der Waals surface area contributed by atoms with Gasteiger partial charge in [0.1, 0.15) is 0 Å². The monoisotopic (exact) mass is 229 g/mol. The summed E-state index contributed by atoms with van der Waals surface area (Å²) in [6, 6.07) is 0. The lowest BCUT2D eigenvalue weighted by atomic mass is 9.96. The number of carbonyl (C=O) groups is 1. The van der Waals surface area contributed by atoms with Crippen molar-refractivity contribution in [1.29, 1.82) is 0 Å². The number of hydroxylamine groups is 1. The zero-order valence-electron chi connectivity index (χ0n) is 10.6. The van der Waals surface area contributed by atoms with Crippen LogP contribution in [0.2, 0.25) is 0 Å². The van der Waals surface area contributed by atoms with Crippen LogP contribution in [0.25, 0.3) is 0 Å². The minimum Gasteiger partial charge on any atom is -0.388 e. The first-order chi connectivity index (χ1) is 7.31. The van der Waals surface area contributed by atoms with Crippen molar-refractivity contribution in [3.63, 3.8) is 0 Å². The van der Waals surface area contributed by atoms with Gasteiger partial charge in [0, 0.05) is 0 Å². The molecule has 2 N–H and O–H groups in total. The van der Waals surface area contributed by atoms with E-state index in [0.717, 1.165) is 6.42 Å². The lowest BCUT2D eigenvalue weighted by Crippen LogP contribution is -2.40. The molecule has 4 nitrogen and oxygen atoms in total. The lowest BCUT2D eigenvalue weighted by Gasteiger charge is -2.23. The zero-order chi connectivity index (χ0) is 12.8.